The lowest BCUT2D eigenvalue weighted by atomic mass is 10.1. The minimum atomic E-state index is 0.624. The molecule has 0 radical (unpaired) electrons. The molecule has 4 nitrogen and oxygen atoms in total. The highest BCUT2D eigenvalue weighted by atomic mass is 32.1. The Kier molecular flexibility index (Phi) is 3.90. The fourth-order valence-electron chi connectivity index (χ4n) is 1.93. The number of nitrogens with one attached hydrogen (secondary N) is 1. The topological polar surface area (TPSA) is 61.6 Å². The molecule has 0 aliphatic carbocycles. The van der Waals surface area contributed by atoms with Crippen LogP contribution in [0.4, 0.5) is 5.13 Å². The first-order chi connectivity index (χ1) is 10.3. The summed E-state index contributed by atoms with van der Waals surface area (Å²) in [6, 6.07) is 19.5. The largest absolute Gasteiger partial charge is 0.356 e. The molecule has 1 aromatic heterocycles. The summed E-state index contributed by atoms with van der Waals surface area (Å²) in [5, 5.41) is 12.9. The van der Waals surface area contributed by atoms with E-state index in [1.54, 1.807) is 6.07 Å². The van der Waals surface area contributed by atoms with Crippen LogP contribution in [0.2, 0.25) is 0 Å². The van der Waals surface area contributed by atoms with Gasteiger partial charge in [0.25, 0.3) is 0 Å². The molecule has 21 heavy (non-hydrogen) atoms. The van der Waals surface area contributed by atoms with Crippen molar-refractivity contribution in [3.8, 4) is 17.5 Å². The average Bonchev–Trinajstić information content (AvgIpc) is 3.03. The third-order valence-electron chi connectivity index (χ3n) is 2.96. The van der Waals surface area contributed by atoms with Gasteiger partial charge in [0.15, 0.2) is 5.82 Å². The lowest BCUT2D eigenvalue weighted by Gasteiger charge is -2.02. The normalized spacial score (nSPS) is 10.0. The van der Waals surface area contributed by atoms with Gasteiger partial charge in [-0.25, -0.2) is 0 Å². The van der Waals surface area contributed by atoms with Crippen molar-refractivity contribution in [2.75, 3.05) is 5.32 Å². The molecule has 3 rings (SSSR count). The van der Waals surface area contributed by atoms with Gasteiger partial charge in [0, 0.05) is 23.6 Å². The van der Waals surface area contributed by atoms with Crippen molar-refractivity contribution in [1.29, 1.82) is 5.26 Å². The van der Waals surface area contributed by atoms with E-state index >= 15 is 0 Å². The fraction of sp³-hybridized carbons (Fsp3) is 0.0625. The molecular weight excluding hydrogens is 280 g/mol. The molecule has 0 unspecified atom stereocenters. The fourth-order valence-corrected chi connectivity index (χ4v) is 2.51. The molecule has 2 aromatic carbocycles. The molecule has 1 heterocycles. The standard InChI is InChI=1S/C16H12N4S/c17-10-12-5-4-6-13(9-12)11-18-16-19-15(20-21-16)14-7-2-1-3-8-14/h1-9H,11H2,(H,18,19,20). The number of benzene rings is 2. The summed E-state index contributed by atoms with van der Waals surface area (Å²) in [6.07, 6.45) is 0. The first-order valence-corrected chi connectivity index (χ1v) is 7.24. The molecule has 0 atom stereocenters. The van der Waals surface area contributed by atoms with Gasteiger partial charge >= 0.3 is 0 Å². The Morgan fingerprint density at radius 1 is 1.10 bits per heavy atom. The van der Waals surface area contributed by atoms with Crippen LogP contribution in [0.3, 0.4) is 0 Å². The van der Waals surface area contributed by atoms with E-state index in [0.717, 1.165) is 22.1 Å². The van der Waals surface area contributed by atoms with Crippen molar-refractivity contribution in [3.05, 3.63) is 65.7 Å². The molecule has 0 saturated carbocycles. The van der Waals surface area contributed by atoms with Crippen molar-refractivity contribution in [1.82, 2.24) is 9.36 Å². The van der Waals surface area contributed by atoms with Gasteiger partial charge in [-0.05, 0) is 17.7 Å². The zero-order valence-electron chi connectivity index (χ0n) is 11.2. The van der Waals surface area contributed by atoms with Gasteiger partial charge in [-0.3, -0.25) is 0 Å². The number of aromatic nitrogens is 2. The average molecular weight is 292 g/mol. The maximum Gasteiger partial charge on any atom is 0.203 e. The number of rotatable bonds is 4. The lowest BCUT2D eigenvalue weighted by molar-refractivity contribution is 1.13. The minimum Gasteiger partial charge on any atom is -0.356 e. The Hall–Kier alpha value is -2.71. The van der Waals surface area contributed by atoms with Gasteiger partial charge in [-0.2, -0.15) is 14.6 Å². The molecule has 102 valence electrons. The Morgan fingerprint density at radius 2 is 1.95 bits per heavy atom. The van der Waals surface area contributed by atoms with Crippen LogP contribution in [0.15, 0.2) is 54.6 Å². The van der Waals surface area contributed by atoms with Gasteiger partial charge in [-0.1, -0.05) is 42.5 Å². The van der Waals surface area contributed by atoms with Crippen LogP contribution in [0.25, 0.3) is 11.4 Å². The Bertz CT molecular complexity index is 774. The maximum absolute atomic E-state index is 8.89. The van der Waals surface area contributed by atoms with Crippen LogP contribution in [0.1, 0.15) is 11.1 Å². The van der Waals surface area contributed by atoms with Gasteiger partial charge in [0.1, 0.15) is 0 Å². The number of nitriles is 1. The molecule has 3 aromatic rings. The highest BCUT2D eigenvalue weighted by molar-refractivity contribution is 7.09. The molecule has 0 spiro atoms. The van der Waals surface area contributed by atoms with Crippen LogP contribution in [0, 0.1) is 11.3 Å². The second kappa shape index (κ2) is 6.16. The van der Waals surface area contributed by atoms with Crippen LogP contribution in [-0.2, 0) is 6.54 Å². The van der Waals surface area contributed by atoms with Crippen molar-refractivity contribution in [2.45, 2.75) is 6.54 Å². The summed E-state index contributed by atoms with van der Waals surface area (Å²) in [7, 11) is 0. The third-order valence-corrected chi connectivity index (χ3v) is 3.63. The van der Waals surface area contributed by atoms with Gasteiger partial charge in [0.05, 0.1) is 11.6 Å². The molecular formula is C16H12N4S. The zero-order valence-corrected chi connectivity index (χ0v) is 12.0. The van der Waals surface area contributed by atoms with Crippen LogP contribution in [0.5, 0.6) is 0 Å². The summed E-state index contributed by atoms with van der Waals surface area (Å²) < 4.78 is 4.35. The molecule has 0 saturated heterocycles. The third kappa shape index (κ3) is 3.25. The van der Waals surface area contributed by atoms with Crippen molar-refractivity contribution < 1.29 is 0 Å². The van der Waals surface area contributed by atoms with E-state index in [0.29, 0.717) is 12.1 Å². The predicted octanol–water partition coefficient (Wildman–Crippen LogP) is 3.69. The second-order valence-electron chi connectivity index (χ2n) is 4.45. The predicted molar refractivity (Wildman–Crippen MR) is 83.8 cm³/mol. The van der Waals surface area contributed by atoms with E-state index in [-0.39, 0.29) is 0 Å². The van der Waals surface area contributed by atoms with E-state index in [1.165, 1.54) is 11.5 Å². The first kappa shape index (κ1) is 13.3. The summed E-state index contributed by atoms with van der Waals surface area (Å²) in [5.74, 6) is 0.730. The van der Waals surface area contributed by atoms with Crippen molar-refractivity contribution in [3.63, 3.8) is 0 Å². The minimum absolute atomic E-state index is 0.624. The molecule has 0 amide bonds. The van der Waals surface area contributed by atoms with E-state index in [1.807, 2.05) is 48.5 Å². The Morgan fingerprint density at radius 3 is 2.76 bits per heavy atom. The SMILES string of the molecule is N#Cc1cccc(CNc2nc(-c3ccccc3)ns2)c1. The number of hydrogen-bond donors (Lipinski definition) is 1. The number of anilines is 1. The van der Waals surface area contributed by atoms with Gasteiger partial charge in [0.2, 0.25) is 5.13 Å². The van der Waals surface area contributed by atoms with Crippen molar-refractivity contribution in [2.24, 2.45) is 0 Å². The lowest BCUT2D eigenvalue weighted by Crippen LogP contribution is -1.99. The maximum atomic E-state index is 8.89. The van der Waals surface area contributed by atoms with E-state index < -0.39 is 0 Å². The second-order valence-corrected chi connectivity index (χ2v) is 5.21. The molecule has 0 aliphatic rings. The molecule has 0 fully saturated rings. The van der Waals surface area contributed by atoms with E-state index in [4.69, 9.17) is 5.26 Å². The van der Waals surface area contributed by atoms with Crippen LogP contribution in [-0.4, -0.2) is 9.36 Å². The number of nitrogens with zero attached hydrogens (tertiary/aromatic N) is 3. The number of hydrogen-bond acceptors (Lipinski definition) is 5. The molecule has 1 N–H and O–H groups in total. The van der Waals surface area contributed by atoms with Gasteiger partial charge < -0.3 is 5.32 Å². The van der Waals surface area contributed by atoms with E-state index in [9.17, 15) is 0 Å². The zero-order chi connectivity index (χ0) is 14.5. The summed E-state index contributed by atoms with van der Waals surface area (Å²) in [5.41, 5.74) is 2.72. The quantitative estimate of drug-likeness (QED) is 0.796. The summed E-state index contributed by atoms with van der Waals surface area (Å²) in [6.45, 7) is 0.624. The smallest absolute Gasteiger partial charge is 0.203 e. The Balaban J connectivity index is 1.69. The first-order valence-electron chi connectivity index (χ1n) is 6.47. The van der Waals surface area contributed by atoms with Gasteiger partial charge in [-0.15, -0.1) is 0 Å². The highest BCUT2D eigenvalue weighted by Crippen LogP contribution is 2.21. The summed E-state index contributed by atoms with van der Waals surface area (Å²) >= 11 is 1.34. The Labute approximate surface area is 126 Å². The monoisotopic (exact) mass is 292 g/mol. The highest BCUT2D eigenvalue weighted by Gasteiger charge is 2.05. The molecule has 0 bridgehead atoms. The van der Waals surface area contributed by atoms with Crippen LogP contribution < -0.4 is 5.32 Å². The molecule has 0 aliphatic heterocycles. The van der Waals surface area contributed by atoms with Crippen LogP contribution >= 0.6 is 11.5 Å². The van der Waals surface area contributed by atoms with Crippen molar-refractivity contribution >= 4 is 16.7 Å². The summed E-state index contributed by atoms with van der Waals surface area (Å²) in [4.78, 5) is 4.47. The molecule has 5 heteroatoms. The van der Waals surface area contributed by atoms with E-state index in [2.05, 4.69) is 20.7 Å².